The second-order valence-electron chi connectivity index (χ2n) is 13.6. The van der Waals surface area contributed by atoms with Crippen LogP contribution in [0.4, 0.5) is 11.4 Å². The lowest BCUT2D eigenvalue weighted by atomic mass is 9.62. The van der Waals surface area contributed by atoms with E-state index in [4.69, 9.17) is 4.74 Å². The molecule has 8 heteroatoms. The summed E-state index contributed by atoms with van der Waals surface area (Å²) < 4.78 is 7.06. The lowest BCUT2D eigenvalue weighted by Crippen LogP contribution is -2.60. The van der Waals surface area contributed by atoms with E-state index in [1.807, 2.05) is 90.1 Å². The average molecular weight is 628 g/mol. The number of carbonyl (C=O) groups is 3. The first kappa shape index (κ1) is 33.6. The molecule has 2 bridgehead atoms. The van der Waals surface area contributed by atoms with E-state index >= 15 is 4.79 Å². The number of aliphatic hydroxyl groups is 1. The van der Waals surface area contributed by atoms with E-state index in [0.717, 1.165) is 16.8 Å². The predicted octanol–water partition coefficient (Wildman–Crippen LogP) is 5.46. The fraction of sp³-hybridized carbons (Fsp3) is 0.500. The van der Waals surface area contributed by atoms with Crippen molar-refractivity contribution in [2.75, 3.05) is 29.5 Å². The average Bonchev–Trinajstić information content (AvgIpc) is 3.55. The van der Waals surface area contributed by atoms with Crippen LogP contribution in [0, 0.1) is 37.5 Å². The van der Waals surface area contributed by atoms with Gasteiger partial charge in [-0.2, -0.15) is 0 Å². The van der Waals surface area contributed by atoms with Crippen LogP contribution in [-0.2, 0) is 19.1 Å². The molecule has 0 aromatic heterocycles. The molecule has 0 saturated carbocycles. The van der Waals surface area contributed by atoms with Crippen LogP contribution in [-0.4, -0.2) is 70.7 Å². The van der Waals surface area contributed by atoms with E-state index in [2.05, 4.69) is 13.2 Å². The third-order valence-corrected chi connectivity index (χ3v) is 11.0. The molecule has 1 N–H and O–H groups in total. The predicted molar refractivity (Wildman–Crippen MR) is 181 cm³/mol. The van der Waals surface area contributed by atoms with Crippen molar-refractivity contribution in [3.05, 3.63) is 85.0 Å². The maximum atomic E-state index is 15.2. The largest absolute Gasteiger partial charge is 0.394 e. The molecular formula is C38H49N3O5. The molecule has 3 aliphatic heterocycles. The van der Waals surface area contributed by atoms with Gasteiger partial charge in [0.25, 0.3) is 5.91 Å². The van der Waals surface area contributed by atoms with Gasteiger partial charge >= 0.3 is 0 Å². The van der Waals surface area contributed by atoms with Crippen molar-refractivity contribution in [1.29, 1.82) is 0 Å². The molecule has 8 atom stereocenters. The Morgan fingerprint density at radius 1 is 1.04 bits per heavy atom. The minimum absolute atomic E-state index is 0.103. The lowest BCUT2D eigenvalue weighted by Gasteiger charge is -2.41. The molecule has 3 unspecified atom stereocenters. The van der Waals surface area contributed by atoms with Gasteiger partial charge < -0.3 is 24.5 Å². The van der Waals surface area contributed by atoms with Crippen LogP contribution >= 0.6 is 0 Å². The number of amides is 3. The van der Waals surface area contributed by atoms with Crippen molar-refractivity contribution in [3.8, 4) is 0 Å². The van der Waals surface area contributed by atoms with Crippen molar-refractivity contribution < 1.29 is 24.2 Å². The number of aryl methyl sites for hydroxylation is 2. The zero-order chi connectivity index (χ0) is 33.6. The monoisotopic (exact) mass is 627 g/mol. The third kappa shape index (κ3) is 5.01. The summed E-state index contributed by atoms with van der Waals surface area (Å²) in [6.45, 7) is 19.9. The van der Waals surface area contributed by atoms with Gasteiger partial charge in [-0.05, 0) is 62.3 Å². The molecule has 3 aliphatic rings. The molecule has 246 valence electrons. The number of anilines is 2. The van der Waals surface area contributed by atoms with Crippen molar-refractivity contribution in [1.82, 2.24) is 4.90 Å². The molecule has 3 heterocycles. The van der Waals surface area contributed by atoms with Crippen molar-refractivity contribution >= 4 is 29.1 Å². The first-order valence-corrected chi connectivity index (χ1v) is 16.5. The Balaban J connectivity index is 1.70. The summed E-state index contributed by atoms with van der Waals surface area (Å²) in [5.41, 5.74) is 1.08. The van der Waals surface area contributed by atoms with Crippen molar-refractivity contribution in [2.45, 2.75) is 77.7 Å². The van der Waals surface area contributed by atoms with Crippen LogP contribution in [0.5, 0.6) is 0 Å². The van der Waals surface area contributed by atoms with Crippen LogP contribution in [0.3, 0.4) is 0 Å². The number of hydrogen-bond donors (Lipinski definition) is 1. The van der Waals surface area contributed by atoms with Gasteiger partial charge in [-0.15, -0.1) is 13.2 Å². The molecular weight excluding hydrogens is 578 g/mol. The summed E-state index contributed by atoms with van der Waals surface area (Å²) in [7, 11) is 0. The zero-order valence-corrected chi connectivity index (χ0v) is 28.1. The van der Waals surface area contributed by atoms with E-state index in [-0.39, 0.29) is 49.3 Å². The van der Waals surface area contributed by atoms with Gasteiger partial charge in [0.15, 0.2) is 0 Å². The van der Waals surface area contributed by atoms with E-state index in [0.29, 0.717) is 18.5 Å². The highest BCUT2D eigenvalue weighted by Gasteiger charge is 2.80. The highest BCUT2D eigenvalue weighted by molar-refractivity contribution is 6.07. The van der Waals surface area contributed by atoms with Gasteiger partial charge in [0.2, 0.25) is 11.8 Å². The summed E-state index contributed by atoms with van der Waals surface area (Å²) in [4.78, 5) is 50.0. The molecule has 3 saturated heterocycles. The first-order chi connectivity index (χ1) is 21.9. The van der Waals surface area contributed by atoms with Crippen LogP contribution in [0.15, 0.2) is 73.8 Å². The minimum Gasteiger partial charge on any atom is -0.394 e. The van der Waals surface area contributed by atoms with Gasteiger partial charge in [0.05, 0.1) is 30.1 Å². The molecule has 3 amide bonds. The smallest absolute Gasteiger partial charge is 0.253 e. The number of para-hydroxylation sites is 2. The highest BCUT2D eigenvalue weighted by atomic mass is 16.5. The van der Waals surface area contributed by atoms with Crippen LogP contribution in [0.2, 0.25) is 0 Å². The van der Waals surface area contributed by atoms with Crippen LogP contribution < -0.4 is 9.80 Å². The summed E-state index contributed by atoms with van der Waals surface area (Å²) in [5.74, 6) is -2.78. The highest BCUT2D eigenvalue weighted by Crippen LogP contribution is 2.66. The Kier molecular flexibility index (Phi) is 9.35. The van der Waals surface area contributed by atoms with Gasteiger partial charge in [0, 0.05) is 24.5 Å². The summed E-state index contributed by atoms with van der Waals surface area (Å²) in [6, 6.07) is 13.6. The number of benzene rings is 2. The summed E-state index contributed by atoms with van der Waals surface area (Å²) in [6.07, 6.45) is 4.50. The normalized spacial score (nSPS) is 29.3. The number of aliphatic hydroxyl groups excluding tert-OH is 1. The molecule has 3 fully saturated rings. The molecule has 1 spiro atoms. The van der Waals surface area contributed by atoms with Gasteiger partial charge in [0.1, 0.15) is 11.6 Å². The minimum atomic E-state index is -1.25. The maximum absolute atomic E-state index is 15.2. The van der Waals surface area contributed by atoms with Crippen molar-refractivity contribution in [3.63, 3.8) is 0 Å². The van der Waals surface area contributed by atoms with E-state index in [1.54, 1.807) is 26.9 Å². The van der Waals surface area contributed by atoms with E-state index < -0.39 is 35.1 Å². The molecule has 2 aromatic rings. The standard InChI is InChI=1S/C38H49N3O5/c1-9-20-39(28-18-13-12-14-19-28)34(43)30-31-35(44)41(29(23-42)24(4)11-3)33(38(31)22-27(7)37(30,8)46-38)36(45)40(21-10-2)32-25(5)16-15-17-26(32)6/h9-10,12-19,24,27,29-31,33,42H,1-2,11,20-23H2,3-8H3/t24-,27?,29-,30-,31-,33?,37+,38?/m0/s1. The zero-order valence-electron chi connectivity index (χ0n) is 28.1. The number of fused-ring (bicyclic) bond motifs is 1. The maximum Gasteiger partial charge on any atom is 0.253 e. The third-order valence-electron chi connectivity index (χ3n) is 11.0. The Morgan fingerprint density at radius 3 is 2.22 bits per heavy atom. The molecule has 46 heavy (non-hydrogen) atoms. The Bertz CT molecular complexity index is 1490. The Labute approximate surface area is 273 Å². The fourth-order valence-corrected chi connectivity index (χ4v) is 8.53. The lowest BCUT2D eigenvalue weighted by molar-refractivity contribution is -0.150. The second kappa shape index (κ2) is 12.8. The van der Waals surface area contributed by atoms with Crippen LogP contribution in [0.1, 0.15) is 51.7 Å². The van der Waals surface area contributed by atoms with Gasteiger partial charge in [-0.25, -0.2) is 0 Å². The number of nitrogens with zero attached hydrogens (tertiary/aromatic N) is 3. The second-order valence-corrected chi connectivity index (χ2v) is 13.6. The molecule has 8 nitrogen and oxygen atoms in total. The molecule has 5 rings (SSSR count). The molecule has 0 radical (unpaired) electrons. The topological polar surface area (TPSA) is 90.4 Å². The fourth-order valence-electron chi connectivity index (χ4n) is 8.53. The van der Waals surface area contributed by atoms with E-state index in [9.17, 15) is 14.7 Å². The number of likely N-dealkylation sites (tertiary alicyclic amines) is 1. The van der Waals surface area contributed by atoms with Crippen molar-refractivity contribution in [2.24, 2.45) is 23.7 Å². The number of carbonyl (C=O) groups excluding carboxylic acids is 3. The SMILES string of the molecule is C=CCN(C(=O)[C@@H]1[C@H]2C(=O)N([C@@H](CO)[C@@H](C)CC)C(C(=O)N(CC=C)c3c(C)cccc3C)C23CC(C)[C@@]1(C)O3)c1ccccc1. The number of rotatable bonds is 12. The number of hydrogen-bond acceptors (Lipinski definition) is 5. The Hall–Kier alpha value is -3.75. The first-order valence-electron chi connectivity index (χ1n) is 16.5. The summed E-state index contributed by atoms with van der Waals surface area (Å²) in [5, 5.41) is 10.8. The summed E-state index contributed by atoms with van der Waals surface area (Å²) >= 11 is 0. The number of ether oxygens (including phenoxy) is 1. The van der Waals surface area contributed by atoms with E-state index in [1.165, 1.54) is 0 Å². The molecule has 2 aromatic carbocycles. The van der Waals surface area contributed by atoms with Gasteiger partial charge in [-0.3, -0.25) is 14.4 Å². The Morgan fingerprint density at radius 2 is 1.65 bits per heavy atom. The molecule has 0 aliphatic carbocycles. The quantitative estimate of drug-likeness (QED) is 0.316. The van der Waals surface area contributed by atoms with Gasteiger partial charge in [-0.1, -0.05) is 75.7 Å². The van der Waals surface area contributed by atoms with Crippen LogP contribution in [0.25, 0.3) is 0 Å².